The first-order valence-corrected chi connectivity index (χ1v) is 7.52. The molecule has 1 amide bonds. The second-order valence-corrected chi connectivity index (χ2v) is 5.69. The number of oxime groups is 1. The van der Waals surface area contributed by atoms with Crippen LogP contribution in [0.3, 0.4) is 0 Å². The second kappa shape index (κ2) is 6.36. The Morgan fingerprint density at radius 1 is 1.23 bits per heavy atom. The van der Waals surface area contributed by atoms with Crippen molar-refractivity contribution in [2.24, 2.45) is 5.16 Å². The maximum Gasteiger partial charge on any atom is 0.266 e. The quantitative estimate of drug-likeness (QED) is 0.835. The number of methoxy groups -OCH3 is 1. The minimum absolute atomic E-state index is 0.0420. The van der Waals surface area contributed by atoms with Crippen LogP contribution in [0.15, 0.2) is 29.4 Å². The number of carbonyl (C=O) groups is 1. The Bertz CT molecular complexity index is 563. The van der Waals surface area contributed by atoms with E-state index in [0.717, 1.165) is 43.2 Å². The zero-order valence-corrected chi connectivity index (χ0v) is 13.0. The molecule has 0 N–H and O–H groups in total. The Kier molecular flexibility index (Phi) is 4.29. The van der Waals surface area contributed by atoms with E-state index in [1.807, 2.05) is 29.2 Å². The molecule has 118 valence electrons. The summed E-state index contributed by atoms with van der Waals surface area (Å²) in [6.45, 7) is 3.33. The van der Waals surface area contributed by atoms with E-state index >= 15 is 0 Å². The van der Waals surface area contributed by atoms with Crippen molar-refractivity contribution >= 4 is 11.6 Å². The standard InChI is InChI=1S/C16H21N3O3/c1-18-7-9-19(10-8-18)16(20)15-11-14(17-22-15)12-3-5-13(21-2)6-4-12/h3-6,15H,7-11H2,1-2H3. The van der Waals surface area contributed by atoms with Gasteiger partial charge in [-0.25, -0.2) is 0 Å². The lowest BCUT2D eigenvalue weighted by atomic mass is 10.0. The monoisotopic (exact) mass is 303 g/mol. The molecule has 6 heteroatoms. The Labute approximate surface area is 130 Å². The first kappa shape index (κ1) is 14.8. The van der Waals surface area contributed by atoms with Gasteiger partial charge < -0.3 is 19.4 Å². The van der Waals surface area contributed by atoms with Crippen LogP contribution in [-0.2, 0) is 9.63 Å². The predicted octanol–water partition coefficient (Wildman–Crippen LogP) is 0.962. The molecule has 3 rings (SSSR count). The van der Waals surface area contributed by atoms with Crippen LogP contribution in [0, 0.1) is 0 Å². The lowest BCUT2D eigenvalue weighted by Crippen LogP contribution is -2.50. The summed E-state index contributed by atoms with van der Waals surface area (Å²) in [5.74, 6) is 0.841. The summed E-state index contributed by atoms with van der Waals surface area (Å²) in [6, 6.07) is 7.63. The van der Waals surface area contributed by atoms with Crippen molar-refractivity contribution in [3.05, 3.63) is 29.8 Å². The van der Waals surface area contributed by atoms with Crippen molar-refractivity contribution in [1.29, 1.82) is 0 Å². The molecule has 0 bridgehead atoms. The Balaban J connectivity index is 1.59. The molecule has 2 aliphatic heterocycles. The summed E-state index contributed by atoms with van der Waals surface area (Å²) in [5.41, 5.74) is 1.78. The van der Waals surface area contributed by atoms with Gasteiger partial charge in [-0.3, -0.25) is 4.79 Å². The maximum absolute atomic E-state index is 12.5. The molecule has 0 aliphatic carbocycles. The molecular weight excluding hydrogens is 282 g/mol. The highest BCUT2D eigenvalue weighted by Crippen LogP contribution is 2.21. The van der Waals surface area contributed by atoms with Gasteiger partial charge in [0.15, 0.2) is 0 Å². The van der Waals surface area contributed by atoms with Crippen LogP contribution in [0.2, 0.25) is 0 Å². The van der Waals surface area contributed by atoms with E-state index in [0.29, 0.717) is 6.42 Å². The smallest absolute Gasteiger partial charge is 0.266 e. The average Bonchev–Trinajstić information content (AvgIpc) is 3.05. The van der Waals surface area contributed by atoms with Gasteiger partial charge >= 0.3 is 0 Å². The topological polar surface area (TPSA) is 54.4 Å². The molecule has 0 radical (unpaired) electrons. The number of rotatable bonds is 3. The minimum Gasteiger partial charge on any atom is -0.497 e. The van der Waals surface area contributed by atoms with Gasteiger partial charge in [0.25, 0.3) is 5.91 Å². The molecule has 0 saturated carbocycles. The third-order valence-corrected chi connectivity index (χ3v) is 4.18. The molecule has 1 fully saturated rings. The molecule has 1 unspecified atom stereocenters. The lowest BCUT2D eigenvalue weighted by Gasteiger charge is -2.33. The molecule has 1 aromatic rings. The largest absolute Gasteiger partial charge is 0.497 e. The molecule has 6 nitrogen and oxygen atoms in total. The predicted molar refractivity (Wildman–Crippen MR) is 83.1 cm³/mol. The third-order valence-electron chi connectivity index (χ3n) is 4.18. The average molecular weight is 303 g/mol. The van der Waals surface area contributed by atoms with Gasteiger partial charge in [-0.05, 0) is 36.9 Å². The van der Waals surface area contributed by atoms with Crippen molar-refractivity contribution < 1.29 is 14.4 Å². The number of benzene rings is 1. The van der Waals surface area contributed by atoms with Crippen LogP contribution in [0.5, 0.6) is 5.75 Å². The van der Waals surface area contributed by atoms with Gasteiger partial charge in [0.2, 0.25) is 6.10 Å². The molecule has 1 atom stereocenters. The number of piperazine rings is 1. The van der Waals surface area contributed by atoms with Gasteiger partial charge in [0.05, 0.1) is 12.8 Å². The fourth-order valence-electron chi connectivity index (χ4n) is 2.69. The van der Waals surface area contributed by atoms with Crippen molar-refractivity contribution in [1.82, 2.24) is 9.80 Å². The van der Waals surface area contributed by atoms with E-state index in [2.05, 4.69) is 17.1 Å². The Morgan fingerprint density at radius 2 is 1.91 bits per heavy atom. The van der Waals surface area contributed by atoms with E-state index in [-0.39, 0.29) is 5.91 Å². The summed E-state index contributed by atoms with van der Waals surface area (Å²) in [6.07, 6.45) is 0.0397. The molecule has 1 saturated heterocycles. The summed E-state index contributed by atoms with van der Waals surface area (Å²) in [5, 5.41) is 4.09. The Hall–Kier alpha value is -2.08. The van der Waals surface area contributed by atoms with Crippen LogP contribution < -0.4 is 4.74 Å². The van der Waals surface area contributed by atoms with E-state index in [1.165, 1.54) is 0 Å². The Morgan fingerprint density at radius 3 is 2.55 bits per heavy atom. The van der Waals surface area contributed by atoms with Crippen LogP contribution in [-0.4, -0.2) is 67.9 Å². The summed E-state index contributed by atoms with van der Waals surface area (Å²) >= 11 is 0. The molecule has 0 aromatic heterocycles. The number of hydrogen-bond acceptors (Lipinski definition) is 5. The SMILES string of the molecule is COc1ccc(C2=NOC(C(=O)N3CCN(C)CC3)C2)cc1. The zero-order chi connectivity index (χ0) is 15.5. The normalized spacial score (nSPS) is 22.2. The van der Waals surface area contributed by atoms with E-state index in [1.54, 1.807) is 7.11 Å². The number of ether oxygens (including phenoxy) is 1. The first-order valence-electron chi connectivity index (χ1n) is 7.52. The fourth-order valence-corrected chi connectivity index (χ4v) is 2.69. The number of nitrogens with zero attached hydrogens (tertiary/aromatic N) is 3. The molecule has 1 aromatic carbocycles. The maximum atomic E-state index is 12.5. The van der Waals surface area contributed by atoms with Gasteiger partial charge in [0.1, 0.15) is 5.75 Å². The van der Waals surface area contributed by atoms with Crippen molar-refractivity contribution in [2.75, 3.05) is 40.3 Å². The highest BCUT2D eigenvalue weighted by Gasteiger charge is 2.33. The van der Waals surface area contributed by atoms with Gasteiger partial charge in [-0.2, -0.15) is 0 Å². The number of amides is 1. The van der Waals surface area contributed by atoms with Crippen LogP contribution in [0.4, 0.5) is 0 Å². The number of hydrogen-bond donors (Lipinski definition) is 0. The van der Waals surface area contributed by atoms with E-state index in [9.17, 15) is 4.79 Å². The minimum atomic E-state index is -0.486. The van der Waals surface area contributed by atoms with Crippen LogP contribution in [0.1, 0.15) is 12.0 Å². The fraction of sp³-hybridized carbons (Fsp3) is 0.500. The van der Waals surface area contributed by atoms with Gasteiger partial charge in [0, 0.05) is 32.6 Å². The van der Waals surface area contributed by atoms with Gasteiger partial charge in [-0.1, -0.05) is 5.16 Å². The second-order valence-electron chi connectivity index (χ2n) is 5.69. The molecular formula is C16H21N3O3. The number of carbonyl (C=O) groups excluding carboxylic acids is 1. The summed E-state index contributed by atoms with van der Waals surface area (Å²) in [4.78, 5) is 21.9. The van der Waals surface area contributed by atoms with Crippen molar-refractivity contribution in [3.8, 4) is 5.75 Å². The van der Waals surface area contributed by atoms with Crippen molar-refractivity contribution in [2.45, 2.75) is 12.5 Å². The highest BCUT2D eigenvalue weighted by molar-refractivity contribution is 6.04. The van der Waals surface area contributed by atoms with Crippen molar-refractivity contribution in [3.63, 3.8) is 0 Å². The molecule has 2 heterocycles. The lowest BCUT2D eigenvalue weighted by molar-refractivity contribution is -0.143. The zero-order valence-electron chi connectivity index (χ0n) is 13.0. The third kappa shape index (κ3) is 3.06. The van der Waals surface area contributed by atoms with Crippen LogP contribution in [0.25, 0.3) is 0 Å². The summed E-state index contributed by atoms with van der Waals surface area (Å²) in [7, 11) is 3.70. The number of likely N-dealkylation sites (N-methyl/N-ethyl adjacent to an activating group) is 1. The van der Waals surface area contributed by atoms with E-state index < -0.39 is 6.10 Å². The van der Waals surface area contributed by atoms with Gasteiger partial charge in [-0.15, -0.1) is 0 Å². The molecule has 22 heavy (non-hydrogen) atoms. The van der Waals surface area contributed by atoms with E-state index in [4.69, 9.17) is 9.57 Å². The first-order chi connectivity index (χ1) is 10.7. The molecule has 2 aliphatic rings. The molecule has 0 spiro atoms. The van der Waals surface area contributed by atoms with Crippen LogP contribution >= 0.6 is 0 Å². The highest BCUT2D eigenvalue weighted by atomic mass is 16.6. The summed E-state index contributed by atoms with van der Waals surface area (Å²) < 4.78 is 5.14.